The van der Waals surface area contributed by atoms with Gasteiger partial charge in [-0.1, -0.05) is 200 Å². The van der Waals surface area contributed by atoms with E-state index in [4.69, 9.17) is 4.42 Å². The number of rotatable bonds is 8. The van der Waals surface area contributed by atoms with Gasteiger partial charge in [0, 0.05) is 49.7 Å². The van der Waals surface area contributed by atoms with Gasteiger partial charge in [0.15, 0.2) is 0 Å². The zero-order valence-electron chi connectivity index (χ0n) is 38.7. The van der Waals surface area contributed by atoms with Crippen LogP contribution in [0.2, 0.25) is 0 Å². The fraction of sp³-hybridized carbons (Fsp3) is 0. The van der Waals surface area contributed by atoms with Crippen LogP contribution >= 0.6 is 0 Å². The fourth-order valence-electron chi connectivity index (χ4n) is 11.0. The van der Waals surface area contributed by atoms with E-state index < -0.39 is 0 Å². The standard InChI is InChI=1S/C68H44N2O/c1-2-16-56-47(13-1)31-32-52-43-51(37-42-57(52)56)46-33-38-53(39-34-46)69(54-40-35-49(36-41-54)59-21-12-22-63-62-20-6-10-26-67(62)71-68(59)63)55-15-11-14-50(44-55)45-27-29-48(30-28-45)58-17-3-7-23-64(58)70-65-24-8-4-18-60(65)61-19-5-9-25-66(61)70/h1-44H. The van der Waals surface area contributed by atoms with Crippen LogP contribution in [-0.4, -0.2) is 4.57 Å². The highest BCUT2D eigenvalue weighted by molar-refractivity contribution is 6.11. The highest BCUT2D eigenvalue weighted by Crippen LogP contribution is 2.42. The first-order chi connectivity index (χ1) is 35.2. The summed E-state index contributed by atoms with van der Waals surface area (Å²) in [6.45, 7) is 0. The Hall–Kier alpha value is -9.44. The highest BCUT2D eigenvalue weighted by Gasteiger charge is 2.18. The summed E-state index contributed by atoms with van der Waals surface area (Å²) in [5.41, 5.74) is 17.8. The van der Waals surface area contributed by atoms with Crippen LogP contribution in [-0.2, 0) is 0 Å². The van der Waals surface area contributed by atoms with Crippen LogP contribution in [0.15, 0.2) is 271 Å². The van der Waals surface area contributed by atoms with E-state index >= 15 is 0 Å². The van der Waals surface area contributed by atoms with Crippen molar-refractivity contribution in [3.63, 3.8) is 0 Å². The van der Waals surface area contributed by atoms with Crippen molar-refractivity contribution in [3.8, 4) is 50.2 Å². The molecule has 0 aliphatic heterocycles. The summed E-state index contributed by atoms with van der Waals surface area (Å²) in [5.74, 6) is 0. The Balaban J connectivity index is 0.836. The molecule has 12 aromatic carbocycles. The molecule has 0 spiro atoms. The Morgan fingerprint density at radius 2 is 0.789 bits per heavy atom. The normalized spacial score (nSPS) is 11.7. The average Bonchev–Trinajstić information content (AvgIpc) is 4.00. The molecule has 0 radical (unpaired) electrons. The molecule has 0 bridgehead atoms. The van der Waals surface area contributed by atoms with E-state index in [1.54, 1.807) is 0 Å². The molecule has 0 atom stereocenters. The van der Waals surface area contributed by atoms with Crippen LogP contribution < -0.4 is 4.90 Å². The van der Waals surface area contributed by atoms with Gasteiger partial charge in [-0.15, -0.1) is 0 Å². The topological polar surface area (TPSA) is 21.3 Å². The number of hydrogen-bond donors (Lipinski definition) is 0. The lowest BCUT2D eigenvalue weighted by atomic mass is 9.97. The maximum Gasteiger partial charge on any atom is 0.143 e. The van der Waals surface area contributed by atoms with Gasteiger partial charge in [0.1, 0.15) is 11.2 Å². The number of fused-ring (bicyclic) bond motifs is 9. The number of anilines is 3. The number of nitrogens with zero attached hydrogens (tertiary/aromatic N) is 2. The van der Waals surface area contributed by atoms with E-state index in [-0.39, 0.29) is 0 Å². The van der Waals surface area contributed by atoms with Gasteiger partial charge in [0.05, 0.1) is 16.7 Å². The third kappa shape index (κ3) is 6.89. The molecule has 0 amide bonds. The Morgan fingerprint density at radius 1 is 0.282 bits per heavy atom. The van der Waals surface area contributed by atoms with Gasteiger partial charge < -0.3 is 13.9 Å². The largest absolute Gasteiger partial charge is 0.455 e. The van der Waals surface area contributed by atoms with Crippen molar-refractivity contribution in [2.45, 2.75) is 0 Å². The molecule has 0 saturated carbocycles. The summed E-state index contributed by atoms with van der Waals surface area (Å²) >= 11 is 0. The Morgan fingerprint density at radius 3 is 1.55 bits per heavy atom. The molecule has 3 heteroatoms. The first-order valence-electron chi connectivity index (χ1n) is 24.3. The van der Waals surface area contributed by atoms with Crippen LogP contribution in [0.1, 0.15) is 0 Å². The second-order valence-electron chi connectivity index (χ2n) is 18.4. The third-order valence-electron chi connectivity index (χ3n) is 14.4. The quantitative estimate of drug-likeness (QED) is 0.142. The van der Waals surface area contributed by atoms with Crippen LogP contribution in [0.3, 0.4) is 0 Å². The maximum absolute atomic E-state index is 6.47. The summed E-state index contributed by atoms with van der Waals surface area (Å²) in [6, 6.07) is 96.7. The van der Waals surface area contributed by atoms with Crippen LogP contribution in [0.4, 0.5) is 17.1 Å². The van der Waals surface area contributed by atoms with Gasteiger partial charge in [-0.05, 0) is 122 Å². The molecule has 3 nitrogen and oxygen atoms in total. The van der Waals surface area contributed by atoms with E-state index in [0.717, 1.165) is 66.9 Å². The molecular formula is C68H44N2O. The fourth-order valence-corrected chi connectivity index (χ4v) is 11.0. The predicted octanol–water partition coefficient (Wildman–Crippen LogP) is 19.1. The number of aromatic nitrogens is 1. The van der Waals surface area contributed by atoms with Crippen molar-refractivity contribution in [1.82, 2.24) is 4.57 Å². The summed E-state index contributed by atoms with van der Waals surface area (Å²) in [4.78, 5) is 2.36. The van der Waals surface area contributed by atoms with Crippen molar-refractivity contribution >= 4 is 82.4 Å². The first-order valence-corrected chi connectivity index (χ1v) is 24.3. The summed E-state index contributed by atoms with van der Waals surface area (Å²) < 4.78 is 8.88. The second kappa shape index (κ2) is 16.7. The van der Waals surface area contributed by atoms with E-state index in [9.17, 15) is 0 Å². The van der Waals surface area contributed by atoms with Gasteiger partial charge in [-0.25, -0.2) is 0 Å². The molecule has 71 heavy (non-hydrogen) atoms. The van der Waals surface area contributed by atoms with Crippen molar-refractivity contribution in [2.75, 3.05) is 4.90 Å². The molecule has 14 aromatic rings. The van der Waals surface area contributed by atoms with E-state index in [1.165, 1.54) is 65.6 Å². The Labute approximate surface area is 411 Å². The molecular weight excluding hydrogens is 861 g/mol. The van der Waals surface area contributed by atoms with E-state index in [1.807, 2.05) is 12.1 Å². The number of furan rings is 1. The summed E-state index contributed by atoms with van der Waals surface area (Å²) in [7, 11) is 0. The summed E-state index contributed by atoms with van der Waals surface area (Å²) in [5, 5.41) is 9.82. The minimum Gasteiger partial charge on any atom is -0.455 e. The zero-order valence-corrected chi connectivity index (χ0v) is 38.7. The van der Waals surface area contributed by atoms with Crippen molar-refractivity contribution in [2.24, 2.45) is 0 Å². The van der Waals surface area contributed by atoms with Gasteiger partial charge in [-0.2, -0.15) is 0 Å². The van der Waals surface area contributed by atoms with Crippen LogP contribution in [0.25, 0.3) is 115 Å². The molecule has 0 unspecified atom stereocenters. The number of benzene rings is 12. The molecule has 14 rings (SSSR count). The second-order valence-corrected chi connectivity index (χ2v) is 18.4. The molecule has 0 aliphatic rings. The lowest BCUT2D eigenvalue weighted by Crippen LogP contribution is -2.10. The lowest BCUT2D eigenvalue weighted by molar-refractivity contribution is 0.670. The smallest absolute Gasteiger partial charge is 0.143 e. The zero-order chi connectivity index (χ0) is 46.8. The minimum absolute atomic E-state index is 0.900. The van der Waals surface area contributed by atoms with Crippen LogP contribution in [0.5, 0.6) is 0 Å². The number of hydrogen-bond acceptors (Lipinski definition) is 2. The molecule has 2 heterocycles. The molecule has 2 aromatic heterocycles. The first kappa shape index (κ1) is 40.6. The van der Waals surface area contributed by atoms with E-state index in [2.05, 4.69) is 264 Å². The Kier molecular flexibility index (Phi) is 9.53. The number of para-hydroxylation sites is 5. The maximum atomic E-state index is 6.47. The molecule has 0 fully saturated rings. The third-order valence-corrected chi connectivity index (χ3v) is 14.4. The van der Waals surface area contributed by atoms with Gasteiger partial charge in [-0.3, -0.25) is 0 Å². The molecule has 0 saturated heterocycles. The predicted molar refractivity (Wildman–Crippen MR) is 299 cm³/mol. The van der Waals surface area contributed by atoms with Crippen LogP contribution in [0, 0.1) is 0 Å². The van der Waals surface area contributed by atoms with Crippen molar-refractivity contribution in [1.29, 1.82) is 0 Å². The minimum atomic E-state index is 0.900. The Bertz CT molecular complexity index is 4280. The molecule has 0 N–H and O–H groups in total. The highest BCUT2D eigenvalue weighted by atomic mass is 16.3. The van der Waals surface area contributed by atoms with Gasteiger partial charge in [0.2, 0.25) is 0 Å². The van der Waals surface area contributed by atoms with Crippen molar-refractivity contribution < 1.29 is 4.42 Å². The van der Waals surface area contributed by atoms with Crippen molar-refractivity contribution in [3.05, 3.63) is 267 Å². The van der Waals surface area contributed by atoms with Gasteiger partial charge in [0.25, 0.3) is 0 Å². The molecule has 0 aliphatic carbocycles. The monoisotopic (exact) mass is 904 g/mol. The van der Waals surface area contributed by atoms with Gasteiger partial charge >= 0.3 is 0 Å². The average molecular weight is 905 g/mol. The molecule has 332 valence electrons. The van der Waals surface area contributed by atoms with E-state index in [0.29, 0.717) is 0 Å². The summed E-state index contributed by atoms with van der Waals surface area (Å²) in [6.07, 6.45) is 0. The lowest BCUT2D eigenvalue weighted by Gasteiger charge is -2.26. The SMILES string of the molecule is c1cc(-c2ccc(-c3ccccc3-n3c4ccccc4c4ccccc43)cc2)cc(N(c2ccc(-c3ccc4c(ccc5ccccc54)c3)cc2)c2ccc(-c3cccc4c3oc3ccccc34)cc2)c1.